The molecule has 2 heterocycles. The Morgan fingerprint density at radius 2 is 2.08 bits per heavy atom. The molecule has 0 bridgehead atoms. The molecule has 1 aromatic carbocycles. The molecule has 2 aromatic rings. The van der Waals surface area contributed by atoms with E-state index in [0.717, 1.165) is 17.7 Å². The first-order chi connectivity index (χ1) is 12.5. The van der Waals surface area contributed by atoms with Gasteiger partial charge in [-0.05, 0) is 12.8 Å². The van der Waals surface area contributed by atoms with Gasteiger partial charge in [-0.1, -0.05) is 42.4 Å². The summed E-state index contributed by atoms with van der Waals surface area (Å²) in [5.41, 5.74) is 1.07. The molecule has 1 fully saturated rings. The van der Waals surface area contributed by atoms with Gasteiger partial charge >= 0.3 is 0 Å². The Kier molecular flexibility index (Phi) is 5.40. The van der Waals surface area contributed by atoms with Crippen molar-refractivity contribution in [3.8, 4) is 11.3 Å². The average molecular weight is 355 g/mol. The van der Waals surface area contributed by atoms with Crippen molar-refractivity contribution in [2.45, 2.75) is 33.1 Å². The van der Waals surface area contributed by atoms with Gasteiger partial charge in [0.05, 0.1) is 5.41 Å². The first kappa shape index (κ1) is 18.2. The minimum Gasteiger partial charge on any atom is -0.361 e. The molecular formula is C20H25N3O3. The van der Waals surface area contributed by atoms with Gasteiger partial charge in [0.25, 0.3) is 0 Å². The zero-order chi connectivity index (χ0) is 18.6. The van der Waals surface area contributed by atoms with Crippen molar-refractivity contribution in [3.05, 3.63) is 42.2 Å². The largest absolute Gasteiger partial charge is 0.361 e. The van der Waals surface area contributed by atoms with Crippen LogP contribution < -0.4 is 5.32 Å². The Hall–Kier alpha value is -2.63. The lowest BCUT2D eigenvalue weighted by molar-refractivity contribution is -0.132. The van der Waals surface area contributed by atoms with Crippen LogP contribution in [0.4, 0.5) is 0 Å². The van der Waals surface area contributed by atoms with E-state index in [0.29, 0.717) is 38.2 Å². The summed E-state index contributed by atoms with van der Waals surface area (Å²) in [4.78, 5) is 26.4. The Morgan fingerprint density at radius 3 is 2.73 bits per heavy atom. The molecule has 1 aliphatic heterocycles. The molecule has 6 heteroatoms. The number of hydrogen-bond acceptors (Lipinski definition) is 4. The summed E-state index contributed by atoms with van der Waals surface area (Å²) in [5, 5.41) is 7.14. The molecule has 0 spiro atoms. The van der Waals surface area contributed by atoms with Crippen LogP contribution in [0.2, 0.25) is 0 Å². The number of benzene rings is 1. The molecule has 26 heavy (non-hydrogen) atoms. The normalized spacial score (nSPS) is 19.5. The summed E-state index contributed by atoms with van der Waals surface area (Å²) in [5.74, 6) is 0.652. The molecule has 1 atom stereocenters. The number of amides is 2. The van der Waals surface area contributed by atoms with Crippen LogP contribution in [0.25, 0.3) is 11.3 Å². The number of aromatic nitrogens is 1. The number of likely N-dealkylation sites (tertiary alicyclic amines) is 1. The highest BCUT2D eigenvalue weighted by Gasteiger charge is 2.46. The molecule has 2 amide bonds. The monoisotopic (exact) mass is 355 g/mol. The highest BCUT2D eigenvalue weighted by molar-refractivity contribution is 5.85. The number of hydrogen-bond donors (Lipinski definition) is 1. The van der Waals surface area contributed by atoms with E-state index in [4.69, 9.17) is 4.52 Å². The van der Waals surface area contributed by atoms with Gasteiger partial charge in [0.15, 0.2) is 0 Å². The second-order valence-electron chi connectivity index (χ2n) is 6.95. The summed E-state index contributed by atoms with van der Waals surface area (Å²) in [6.07, 6.45) is 1.94. The van der Waals surface area contributed by atoms with E-state index in [1.807, 2.05) is 43.3 Å². The van der Waals surface area contributed by atoms with E-state index >= 15 is 0 Å². The Balaban J connectivity index is 1.81. The van der Waals surface area contributed by atoms with Crippen LogP contribution >= 0.6 is 0 Å². The molecule has 1 aliphatic rings. The lowest BCUT2D eigenvalue weighted by Crippen LogP contribution is -2.45. The van der Waals surface area contributed by atoms with Crippen LogP contribution in [0.3, 0.4) is 0 Å². The molecule has 138 valence electrons. The molecule has 1 aromatic heterocycles. The van der Waals surface area contributed by atoms with E-state index in [1.165, 1.54) is 0 Å². The van der Waals surface area contributed by atoms with Crippen molar-refractivity contribution in [1.82, 2.24) is 15.4 Å². The summed E-state index contributed by atoms with van der Waals surface area (Å²) in [6.45, 7) is 5.20. The van der Waals surface area contributed by atoms with Gasteiger partial charge in [0.1, 0.15) is 11.5 Å². The van der Waals surface area contributed by atoms with Crippen molar-refractivity contribution in [2.24, 2.45) is 5.41 Å². The first-order valence-electron chi connectivity index (χ1n) is 9.09. The topological polar surface area (TPSA) is 75.4 Å². The molecule has 0 aliphatic carbocycles. The first-order valence-corrected chi connectivity index (χ1v) is 9.09. The molecule has 6 nitrogen and oxygen atoms in total. The highest BCUT2D eigenvalue weighted by atomic mass is 16.5. The smallest absolute Gasteiger partial charge is 0.228 e. The van der Waals surface area contributed by atoms with Gasteiger partial charge in [-0.3, -0.25) is 9.59 Å². The molecule has 1 saturated heterocycles. The number of carbonyl (C=O) groups excluding carboxylic acids is 2. The van der Waals surface area contributed by atoms with Gasteiger partial charge in [0.2, 0.25) is 11.8 Å². The summed E-state index contributed by atoms with van der Waals surface area (Å²) in [7, 11) is 0. The lowest BCUT2D eigenvalue weighted by atomic mass is 9.81. The number of nitrogens with one attached hydrogen (secondary N) is 1. The minimum atomic E-state index is -0.658. The standard InChI is InChI=1S/C20H25N3O3/c1-3-10-21-19(25)20(9-11-23(14-20)15(2)24)13-17-12-18(22-26-17)16-7-5-4-6-8-16/h4-8,12H,3,9-11,13-14H2,1-2H3,(H,21,25)/t20-/m1/s1. The van der Waals surface area contributed by atoms with Gasteiger partial charge in [-0.25, -0.2) is 0 Å². The van der Waals surface area contributed by atoms with Gasteiger partial charge in [-0.2, -0.15) is 0 Å². The Morgan fingerprint density at radius 1 is 1.31 bits per heavy atom. The third kappa shape index (κ3) is 3.79. The van der Waals surface area contributed by atoms with E-state index in [9.17, 15) is 9.59 Å². The van der Waals surface area contributed by atoms with Crippen molar-refractivity contribution < 1.29 is 14.1 Å². The summed E-state index contributed by atoms with van der Waals surface area (Å²) in [6, 6.07) is 11.7. The van der Waals surface area contributed by atoms with Crippen LogP contribution in [0.5, 0.6) is 0 Å². The fraction of sp³-hybridized carbons (Fsp3) is 0.450. The molecular weight excluding hydrogens is 330 g/mol. The maximum atomic E-state index is 12.9. The van der Waals surface area contributed by atoms with E-state index in [2.05, 4.69) is 10.5 Å². The van der Waals surface area contributed by atoms with Crippen LogP contribution in [-0.2, 0) is 16.0 Å². The molecule has 0 unspecified atom stereocenters. The third-order valence-corrected chi connectivity index (χ3v) is 4.96. The lowest BCUT2D eigenvalue weighted by Gasteiger charge is -2.27. The minimum absolute atomic E-state index is 0.00212. The van der Waals surface area contributed by atoms with E-state index in [1.54, 1.807) is 11.8 Å². The van der Waals surface area contributed by atoms with Gasteiger partial charge in [0, 0.05) is 44.6 Å². The second kappa shape index (κ2) is 7.72. The Bertz CT molecular complexity index is 772. The molecule has 3 rings (SSSR count). The number of carbonyl (C=O) groups is 2. The van der Waals surface area contributed by atoms with Gasteiger partial charge < -0.3 is 14.7 Å². The second-order valence-corrected chi connectivity index (χ2v) is 6.95. The van der Waals surface area contributed by atoms with Gasteiger partial charge in [-0.15, -0.1) is 0 Å². The third-order valence-electron chi connectivity index (χ3n) is 4.96. The predicted molar refractivity (Wildman–Crippen MR) is 98.2 cm³/mol. The van der Waals surface area contributed by atoms with Crippen LogP contribution in [-0.4, -0.2) is 41.5 Å². The number of rotatable bonds is 6. The number of nitrogens with zero attached hydrogens (tertiary/aromatic N) is 2. The quantitative estimate of drug-likeness (QED) is 0.864. The van der Waals surface area contributed by atoms with Crippen molar-refractivity contribution in [3.63, 3.8) is 0 Å². The fourth-order valence-corrected chi connectivity index (χ4v) is 3.45. The summed E-state index contributed by atoms with van der Waals surface area (Å²) >= 11 is 0. The maximum Gasteiger partial charge on any atom is 0.228 e. The zero-order valence-corrected chi connectivity index (χ0v) is 15.3. The van der Waals surface area contributed by atoms with Crippen molar-refractivity contribution in [1.29, 1.82) is 0 Å². The average Bonchev–Trinajstić information content (AvgIpc) is 3.29. The van der Waals surface area contributed by atoms with Crippen LogP contribution in [0.1, 0.15) is 32.4 Å². The van der Waals surface area contributed by atoms with Crippen molar-refractivity contribution in [2.75, 3.05) is 19.6 Å². The Labute approximate surface area is 153 Å². The van der Waals surface area contributed by atoms with E-state index in [-0.39, 0.29) is 11.8 Å². The zero-order valence-electron chi connectivity index (χ0n) is 15.3. The summed E-state index contributed by atoms with van der Waals surface area (Å²) < 4.78 is 5.52. The van der Waals surface area contributed by atoms with Crippen molar-refractivity contribution >= 4 is 11.8 Å². The fourth-order valence-electron chi connectivity index (χ4n) is 3.45. The van der Waals surface area contributed by atoms with E-state index < -0.39 is 5.41 Å². The van der Waals surface area contributed by atoms with Crippen LogP contribution in [0, 0.1) is 5.41 Å². The highest BCUT2D eigenvalue weighted by Crippen LogP contribution is 2.35. The van der Waals surface area contributed by atoms with Crippen LogP contribution in [0.15, 0.2) is 40.9 Å². The maximum absolute atomic E-state index is 12.9. The SMILES string of the molecule is CCCNC(=O)[C@@]1(Cc2cc(-c3ccccc3)no2)CCN(C(C)=O)C1. The molecule has 0 saturated carbocycles. The molecule has 0 radical (unpaired) electrons. The predicted octanol–water partition coefficient (Wildman–Crippen LogP) is 2.65. The molecule has 1 N–H and O–H groups in total.